The monoisotopic (exact) mass is 658 g/mol. The molecule has 0 bridgehead atoms. The molecule has 4 aromatic rings. The van der Waals surface area contributed by atoms with Crippen LogP contribution in [0.5, 0.6) is 23.0 Å². The maximum Gasteiger partial charge on any atom is 0.337 e. The molecule has 5 rings (SSSR count). The summed E-state index contributed by atoms with van der Waals surface area (Å²) >= 11 is 1.20. The first-order valence-corrected chi connectivity index (χ1v) is 15.8. The van der Waals surface area contributed by atoms with Crippen LogP contribution in [0.3, 0.4) is 0 Å². The molecule has 9 nitrogen and oxygen atoms in total. The summed E-state index contributed by atoms with van der Waals surface area (Å²) in [7, 11) is 2.83. The molecule has 47 heavy (non-hydrogen) atoms. The quantitative estimate of drug-likeness (QED) is 0.143. The van der Waals surface area contributed by atoms with Gasteiger partial charge in [-0.2, -0.15) is 0 Å². The van der Waals surface area contributed by atoms with E-state index in [0.29, 0.717) is 63.1 Å². The second kappa shape index (κ2) is 15.0. The summed E-state index contributed by atoms with van der Waals surface area (Å²) in [5.41, 5.74) is 2.79. The van der Waals surface area contributed by atoms with Gasteiger partial charge in [0.1, 0.15) is 12.4 Å². The van der Waals surface area contributed by atoms with Crippen LogP contribution in [-0.4, -0.2) is 38.0 Å². The standard InChI is InChI=1S/C36H35FN2O7S/c1-6-9-25-16-23(17-30(42-4)33(25)46-21-22-10-13-26(37)14-11-22)18-31-34(40)39-32(27(35(41)43-5)20-38-36(39)47-31)24-12-15-28(44-7-2)29(19-24)45-8-3/h6,10-20,32H,1,7-9,21H2,2-5H3/b31-18-/t32-/m0/s1. The topological polar surface area (TPSA) is 97.6 Å². The van der Waals surface area contributed by atoms with Crippen LogP contribution in [0.2, 0.25) is 0 Å². The van der Waals surface area contributed by atoms with Crippen LogP contribution in [0.4, 0.5) is 4.39 Å². The number of ether oxygens (including phenoxy) is 5. The van der Waals surface area contributed by atoms with Gasteiger partial charge < -0.3 is 23.7 Å². The normalized spacial score (nSPS) is 14.0. The highest BCUT2D eigenvalue weighted by Gasteiger charge is 2.31. The molecule has 0 amide bonds. The van der Waals surface area contributed by atoms with Crippen LogP contribution >= 0.6 is 11.3 Å². The predicted octanol–water partition coefficient (Wildman–Crippen LogP) is 5.27. The number of fused-ring (bicyclic) bond motifs is 1. The Morgan fingerprint density at radius 2 is 1.74 bits per heavy atom. The lowest BCUT2D eigenvalue weighted by Crippen LogP contribution is -2.39. The number of aromatic nitrogens is 1. The van der Waals surface area contributed by atoms with Gasteiger partial charge in [0.2, 0.25) is 0 Å². The zero-order chi connectivity index (χ0) is 33.5. The molecule has 0 radical (unpaired) electrons. The lowest BCUT2D eigenvalue weighted by Gasteiger charge is -2.23. The van der Waals surface area contributed by atoms with Crippen LogP contribution in [-0.2, 0) is 22.6 Å². The van der Waals surface area contributed by atoms with Crippen LogP contribution in [0.1, 0.15) is 42.1 Å². The first-order chi connectivity index (χ1) is 22.8. The highest BCUT2D eigenvalue weighted by atomic mass is 32.1. The van der Waals surface area contributed by atoms with Crippen LogP contribution in [0.25, 0.3) is 6.08 Å². The number of nitrogens with zero attached hydrogens (tertiary/aromatic N) is 2. The second-order valence-corrected chi connectivity index (χ2v) is 11.4. The van der Waals surface area contributed by atoms with Crippen molar-refractivity contribution in [3.8, 4) is 23.0 Å². The molecule has 1 aliphatic rings. The molecule has 0 spiro atoms. The van der Waals surface area contributed by atoms with Gasteiger partial charge in [-0.3, -0.25) is 9.36 Å². The number of benzene rings is 3. The average molecular weight is 659 g/mol. The molecule has 244 valence electrons. The number of carbonyl (C=O) groups is 1. The molecule has 1 atom stereocenters. The van der Waals surface area contributed by atoms with Crippen LogP contribution in [0, 0.1) is 5.82 Å². The highest BCUT2D eigenvalue weighted by molar-refractivity contribution is 7.07. The Morgan fingerprint density at radius 1 is 1.00 bits per heavy atom. The number of methoxy groups -OCH3 is 2. The SMILES string of the molecule is C=CCc1cc(/C=c2\sc3n(c2=O)[C@@H](c2ccc(OCC)c(OCC)c2)C(C(=O)OC)=CN=3)cc(OC)c1OCc1ccc(F)cc1. The molecule has 11 heteroatoms. The number of halogens is 1. The summed E-state index contributed by atoms with van der Waals surface area (Å²) in [5, 5.41) is 0. The average Bonchev–Trinajstić information content (AvgIpc) is 3.39. The second-order valence-electron chi connectivity index (χ2n) is 10.4. The summed E-state index contributed by atoms with van der Waals surface area (Å²) in [6.07, 6.45) is 5.42. The van der Waals surface area contributed by atoms with E-state index in [0.717, 1.165) is 11.1 Å². The zero-order valence-electron chi connectivity index (χ0n) is 26.6. The van der Waals surface area contributed by atoms with Crippen molar-refractivity contribution >= 4 is 23.4 Å². The van der Waals surface area contributed by atoms with Crippen molar-refractivity contribution in [2.24, 2.45) is 4.99 Å². The van der Waals surface area contributed by atoms with Gasteiger partial charge in [-0.15, -0.1) is 6.58 Å². The third-order valence-corrected chi connectivity index (χ3v) is 8.34. The van der Waals surface area contributed by atoms with Crippen molar-refractivity contribution in [2.45, 2.75) is 32.9 Å². The molecule has 1 aliphatic heterocycles. The van der Waals surface area contributed by atoms with E-state index in [2.05, 4.69) is 11.6 Å². The lowest BCUT2D eigenvalue weighted by molar-refractivity contribution is -0.136. The fourth-order valence-electron chi connectivity index (χ4n) is 5.26. The van der Waals surface area contributed by atoms with Crippen LogP contribution < -0.4 is 33.8 Å². The first kappa shape index (κ1) is 33.2. The van der Waals surface area contributed by atoms with Crippen molar-refractivity contribution in [1.82, 2.24) is 4.57 Å². The molecule has 3 aromatic carbocycles. The first-order valence-electron chi connectivity index (χ1n) is 15.0. The largest absolute Gasteiger partial charge is 0.493 e. The van der Waals surface area contributed by atoms with E-state index >= 15 is 0 Å². The van der Waals surface area contributed by atoms with E-state index in [4.69, 9.17) is 23.7 Å². The molecule has 0 fully saturated rings. The molecular weight excluding hydrogens is 623 g/mol. The van der Waals surface area contributed by atoms with Crippen molar-refractivity contribution in [3.05, 3.63) is 127 Å². The third-order valence-electron chi connectivity index (χ3n) is 7.34. The number of allylic oxidation sites excluding steroid dienone is 1. The summed E-state index contributed by atoms with van der Waals surface area (Å²) in [5.74, 6) is 1.13. The van der Waals surface area contributed by atoms with Gasteiger partial charge >= 0.3 is 5.97 Å². The Labute approximate surface area is 275 Å². The zero-order valence-corrected chi connectivity index (χ0v) is 27.4. The van der Waals surface area contributed by atoms with E-state index in [9.17, 15) is 14.0 Å². The number of hydrogen-bond acceptors (Lipinski definition) is 9. The molecular formula is C36H35FN2O7S. The predicted molar refractivity (Wildman–Crippen MR) is 178 cm³/mol. The maximum atomic E-state index is 14.1. The molecule has 0 aliphatic carbocycles. The summed E-state index contributed by atoms with van der Waals surface area (Å²) in [6.45, 7) is 8.68. The van der Waals surface area contributed by atoms with Gasteiger partial charge in [0.05, 0.1) is 43.6 Å². The van der Waals surface area contributed by atoms with Gasteiger partial charge in [0.15, 0.2) is 27.8 Å². The molecule has 1 aromatic heterocycles. The lowest BCUT2D eigenvalue weighted by atomic mass is 9.97. The van der Waals surface area contributed by atoms with E-state index in [1.807, 2.05) is 19.9 Å². The van der Waals surface area contributed by atoms with Gasteiger partial charge in [0, 0.05) is 11.8 Å². The number of carbonyl (C=O) groups excluding carboxylic acids is 1. The number of rotatable bonds is 13. The van der Waals surface area contributed by atoms with E-state index in [1.165, 1.54) is 48.5 Å². The minimum Gasteiger partial charge on any atom is -0.493 e. The van der Waals surface area contributed by atoms with Crippen molar-refractivity contribution in [1.29, 1.82) is 0 Å². The smallest absolute Gasteiger partial charge is 0.337 e. The summed E-state index contributed by atoms with van der Waals surface area (Å²) in [4.78, 5) is 31.9. The number of esters is 1. The van der Waals surface area contributed by atoms with Gasteiger partial charge in [0.25, 0.3) is 5.56 Å². The third kappa shape index (κ3) is 7.15. The van der Waals surface area contributed by atoms with Crippen molar-refractivity contribution < 1.29 is 32.9 Å². The minimum atomic E-state index is -0.816. The molecule has 0 unspecified atom stereocenters. The fraction of sp³-hybridized carbons (Fsp3) is 0.250. The number of thiazole rings is 1. The Bertz CT molecular complexity index is 2000. The van der Waals surface area contributed by atoms with E-state index < -0.39 is 12.0 Å². The molecule has 2 heterocycles. The summed E-state index contributed by atoms with van der Waals surface area (Å²) < 4.78 is 43.7. The van der Waals surface area contributed by atoms with Gasteiger partial charge in [-0.05, 0) is 79.4 Å². The van der Waals surface area contributed by atoms with Crippen molar-refractivity contribution in [2.75, 3.05) is 27.4 Å². The van der Waals surface area contributed by atoms with E-state index in [-0.39, 0.29) is 23.6 Å². The fourth-order valence-corrected chi connectivity index (χ4v) is 6.23. The van der Waals surface area contributed by atoms with Crippen molar-refractivity contribution in [3.63, 3.8) is 0 Å². The molecule has 0 N–H and O–H groups in total. The maximum absolute atomic E-state index is 14.1. The Kier molecular flexibility index (Phi) is 10.6. The molecule has 0 saturated carbocycles. The minimum absolute atomic E-state index is 0.204. The van der Waals surface area contributed by atoms with Gasteiger partial charge in [-0.25, -0.2) is 14.2 Å². The Hall–Kier alpha value is -5.16. The van der Waals surface area contributed by atoms with Crippen LogP contribution in [0.15, 0.2) is 88.8 Å². The Balaban J connectivity index is 1.59. The highest BCUT2D eigenvalue weighted by Crippen LogP contribution is 2.36. The Morgan fingerprint density at radius 3 is 2.43 bits per heavy atom. The number of hydrogen-bond donors (Lipinski definition) is 0. The molecule has 0 saturated heterocycles. The summed E-state index contributed by atoms with van der Waals surface area (Å²) in [6, 6.07) is 14.3. The van der Waals surface area contributed by atoms with E-state index in [1.54, 1.807) is 48.6 Å². The van der Waals surface area contributed by atoms with Gasteiger partial charge in [-0.1, -0.05) is 35.6 Å².